The van der Waals surface area contributed by atoms with Gasteiger partial charge >= 0.3 is 0 Å². The standard InChI is InChI=1S/C22H23N3O2/c1-22(2,3)18-9-4-5-10-19(18)25-14-16(12-20(25)26)21(27)24-17-8-6-7-15(11-17)13-23/h4-11,16H,12,14H2,1-3H3,(H,24,27). The Balaban J connectivity index is 1.78. The van der Waals surface area contributed by atoms with Crippen molar-refractivity contribution in [1.29, 1.82) is 5.26 Å². The molecule has 0 spiro atoms. The highest BCUT2D eigenvalue weighted by molar-refractivity contribution is 6.04. The molecular weight excluding hydrogens is 338 g/mol. The molecule has 27 heavy (non-hydrogen) atoms. The van der Waals surface area contributed by atoms with Crippen molar-refractivity contribution in [3.63, 3.8) is 0 Å². The Kier molecular flexibility index (Phi) is 5.00. The zero-order chi connectivity index (χ0) is 19.6. The van der Waals surface area contributed by atoms with Gasteiger partial charge < -0.3 is 10.2 Å². The van der Waals surface area contributed by atoms with E-state index >= 15 is 0 Å². The number of anilines is 2. The van der Waals surface area contributed by atoms with Gasteiger partial charge in [-0.2, -0.15) is 5.26 Å². The lowest BCUT2D eigenvalue weighted by Crippen LogP contribution is -2.30. The molecule has 5 nitrogen and oxygen atoms in total. The van der Waals surface area contributed by atoms with Crippen molar-refractivity contribution in [2.24, 2.45) is 5.92 Å². The third kappa shape index (κ3) is 4.01. The number of nitrogens with one attached hydrogen (secondary N) is 1. The Hall–Kier alpha value is -3.13. The average Bonchev–Trinajstić information content (AvgIpc) is 3.03. The summed E-state index contributed by atoms with van der Waals surface area (Å²) < 4.78 is 0. The summed E-state index contributed by atoms with van der Waals surface area (Å²) in [4.78, 5) is 27.0. The Morgan fingerprint density at radius 3 is 2.63 bits per heavy atom. The van der Waals surface area contributed by atoms with Gasteiger partial charge in [0.25, 0.3) is 0 Å². The van der Waals surface area contributed by atoms with Crippen LogP contribution in [0.15, 0.2) is 48.5 Å². The van der Waals surface area contributed by atoms with Crippen molar-refractivity contribution >= 4 is 23.2 Å². The van der Waals surface area contributed by atoms with Gasteiger partial charge in [0.15, 0.2) is 0 Å². The van der Waals surface area contributed by atoms with Crippen LogP contribution < -0.4 is 10.2 Å². The lowest BCUT2D eigenvalue weighted by molar-refractivity contribution is -0.122. The van der Waals surface area contributed by atoms with Crippen molar-refractivity contribution < 1.29 is 9.59 Å². The van der Waals surface area contributed by atoms with Crippen molar-refractivity contribution in [3.05, 3.63) is 59.7 Å². The fourth-order valence-corrected chi connectivity index (χ4v) is 3.37. The minimum Gasteiger partial charge on any atom is -0.326 e. The minimum atomic E-state index is -0.420. The molecule has 0 bridgehead atoms. The predicted molar refractivity (Wildman–Crippen MR) is 105 cm³/mol. The molecule has 0 aliphatic carbocycles. The Morgan fingerprint density at radius 1 is 1.19 bits per heavy atom. The van der Waals surface area contributed by atoms with E-state index in [4.69, 9.17) is 5.26 Å². The molecule has 1 heterocycles. The third-order valence-electron chi connectivity index (χ3n) is 4.76. The van der Waals surface area contributed by atoms with Crippen LogP contribution in [0.4, 0.5) is 11.4 Å². The summed E-state index contributed by atoms with van der Waals surface area (Å²) in [5, 5.41) is 11.8. The van der Waals surface area contributed by atoms with Crippen LogP contribution in [0.3, 0.4) is 0 Å². The molecule has 2 aromatic rings. The Morgan fingerprint density at radius 2 is 1.93 bits per heavy atom. The lowest BCUT2D eigenvalue weighted by Gasteiger charge is -2.27. The molecule has 1 saturated heterocycles. The maximum absolute atomic E-state index is 12.6. The van der Waals surface area contributed by atoms with Gasteiger partial charge in [0, 0.05) is 24.3 Å². The number of nitrogens with zero attached hydrogens (tertiary/aromatic N) is 2. The fraction of sp³-hybridized carbons (Fsp3) is 0.318. The molecule has 1 unspecified atom stereocenters. The molecule has 0 saturated carbocycles. The summed E-state index contributed by atoms with van der Waals surface area (Å²) in [5.74, 6) is -0.664. The molecule has 0 aromatic heterocycles. The van der Waals surface area contributed by atoms with E-state index in [1.807, 2.05) is 24.3 Å². The van der Waals surface area contributed by atoms with Crippen LogP contribution in [0, 0.1) is 17.2 Å². The summed E-state index contributed by atoms with van der Waals surface area (Å²) in [6.45, 7) is 6.69. The van der Waals surface area contributed by atoms with E-state index in [2.05, 4.69) is 32.2 Å². The second-order valence-electron chi connectivity index (χ2n) is 7.85. The van der Waals surface area contributed by atoms with E-state index in [-0.39, 0.29) is 23.7 Å². The minimum absolute atomic E-state index is 0.0439. The molecule has 1 atom stereocenters. The van der Waals surface area contributed by atoms with Gasteiger partial charge in [-0.3, -0.25) is 9.59 Å². The Labute approximate surface area is 159 Å². The first-order valence-corrected chi connectivity index (χ1v) is 9.00. The molecule has 5 heteroatoms. The molecular formula is C22H23N3O2. The van der Waals surface area contributed by atoms with Crippen LogP contribution in [0.25, 0.3) is 0 Å². The van der Waals surface area contributed by atoms with Gasteiger partial charge in [0.2, 0.25) is 11.8 Å². The van der Waals surface area contributed by atoms with E-state index < -0.39 is 5.92 Å². The van der Waals surface area contributed by atoms with Crippen LogP contribution in [0.2, 0.25) is 0 Å². The average molecular weight is 361 g/mol. The van der Waals surface area contributed by atoms with Crippen molar-refractivity contribution in [2.75, 3.05) is 16.8 Å². The topological polar surface area (TPSA) is 73.2 Å². The van der Waals surface area contributed by atoms with Gasteiger partial charge in [0.1, 0.15) is 0 Å². The van der Waals surface area contributed by atoms with Gasteiger partial charge in [-0.25, -0.2) is 0 Å². The molecule has 1 fully saturated rings. The van der Waals surface area contributed by atoms with Crippen LogP contribution in [0.5, 0.6) is 0 Å². The second-order valence-corrected chi connectivity index (χ2v) is 7.85. The maximum Gasteiger partial charge on any atom is 0.229 e. The van der Waals surface area contributed by atoms with Crippen LogP contribution in [-0.2, 0) is 15.0 Å². The zero-order valence-corrected chi connectivity index (χ0v) is 15.8. The summed E-state index contributed by atoms with van der Waals surface area (Å²) >= 11 is 0. The molecule has 3 rings (SSSR count). The number of carbonyl (C=O) groups is 2. The highest BCUT2D eigenvalue weighted by Gasteiger charge is 2.37. The van der Waals surface area contributed by atoms with Gasteiger partial charge in [0.05, 0.1) is 17.6 Å². The Bertz CT molecular complexity index is 922. The first kappa shape index (κ1) is 18.7. The summed E-state index contributed by atoms with van der Waals surface area (Å²) in [5.41, 5.74) is 2.91. The maximum atomic E-state index is 12.6. The largest absolute Gasteiger partial charge is 0.326 e. The highest BCUT2D eigenvalue weighted by Crippen LogP contribution is 2.35. The van der Waals surface area contributed by atoms with E-state index in [0.29, 0.717) is 17.8 Å². The van der Waals surface area contributed by atoms with Crippen LogP contribution in [-0.4, -0.2) is 18.4 Å². The quantitative estimate of drug-likeness (QED) is 0.902. The number of benzene rings is 2. The van der Waals surface area contributed by atoms with Crippen LogP contribution >= 0.6 is 0 Å². The normalized spacial score (nSPS) is 16.9. The van der Waals surface area contributed by atoms with Crippen molar-refractivity contribution in [3.8, 4) is 6.07 Å². The SMILES string of the molecule is CC(C)(C)c1ccccc1N1CC(C(=O)Nc2cccc(C#N)c2)CC1=O. The van der Waals surface area contributed by atoms with E-state index in [9.17, 15) is 9.59 Å². The zero-order valence-electron chi connectivity index (χ0n) is 15.8. The predicted octanol–water partition coefficient (Wildman–Crippen LogP) is 3.85. The van der Waals surface area contributed by atoms with Crippen LogP contribution in [0.1, 0.15) is 38.3 Å². The molecule has 1 aliphatic heterocycles. The molecule has 138 valence electrons. The molecule has 1 N–H and O–H groups in total. The number of amides is 2. The third-order valence-corrected chi connectivity index (χ3v) is 4.76. The van der Waals surface area contributed by atoms with Crippen molar-refractivity contribution in [2.45, 2.75) is 32.6 Å². The summed E-state index contributed by atoms with van der Waals surface area (Å²) in [6, 6.07) is 16.7. The number of hydrogen-bond donors (Lipinski definition) is 1. The first-order valence-electron chi connectivity index (χ1n) is 9.00. The first-order chi connectivity index (χ1) is 12.8. The van der Waals surface area contributed by atoms with Crippen molar-refractivity contribution in [1.82, 2.24) is 0 Å². The second kappa shape index (κ2) is 7.24. The lowest BCUT2D eigenvalue weighted by atomic mass is 9.85. The molecule has 2 amide bonds. The number of para-hydroxylation sites is 1. The smallest absolute Gasteiger partial charge is 0.229 e. The van der Waals surface area contributed by atoms with E-state index in [1.165, 1.54) is 0 Å². The number of nitriles is 1. The molecule has 0 radical (unpaired) electrons. The number of carbonyl (C=O) groups excluding carboxylic acids is 2. The summed E-state index contributed by atoms with van der Waals surface area (Å²) in [6.07, 6.45) is 0.183. The fourth-order valence-electron chi connectivity index (χ4n) is 3.37. The molecule has 2 aromatic carbocycles. The highest BCUT2D eigenvalue weighted by atomic mass is 16.2. The van der Waals surface area contributed by atoms with E-state index in [1.54, 1.807) is 29.2 Å². The van der Waals surface area contributed by atoms with Gasteiger partial charge in [-0.1, -0.05) is 45.0 Å². The van der Waals surface area contributed by atoms with Gasteiger partial charge in [-0.15, -0.1) is 0 Å². The number of rotatable bonds is 3. The van der Waals surface area contributed by atoms with E-state index in [0.717, 1.165) is 11.3 Å². The monoisotopic (exact) mass is 361 g/mol. The molecule has 1 aliphatic rings. The number of hydrogen-bond acceptors (Lipinski definition) is 3. The summed E-state index contributed by atoms with van der Waals surface area (Å²) in [7, 11) is 0. The van der Waals surface area contributed by atoms with Gasteiger partial charge in [-0.05, 0) is 35.2 Å².